The quantitative estimate of drug-likeness (QED) is 0.323. The second-order valence-electron chi connectivity index (χ2n) is 1.67. The molecular formula is C5H10N2O2. The van der Waals surface area contributed by atoms with Crippen LogP contribution in [0.5, 0.6) is 0 Å². The van der Waals surface area contributed by atoms with Crippen LogP contribution in [0.3, 0.4) is 0 Å². The Hall–Kier alpha value is -1.06. The SMILES string of the molecule is CNC(=O)ON=C(C)C. The maximum Gasteiger partial charge on any atom is 0.433 e. The van der Waals surface area contributed by atoms with Crippen LogP contribution >= 0.6 is 0 Å². The average Bonchev–Trinajstić information content (AvgIpc) is 1.83. The van der Waals surface area contributed by atoms with Crippen LogP contribution in [0.2, 0.25) is 0 Å². The Morgan fingerprint density at radius 2 is 2.11 bits per heavy atom. The summed E-state index contributed by atoms with van der Waals surface area (Å²) in [5.41, 5.74) is 0.707. The third-order valence-corrected chi connectivity index (χ3v) is 0.515. The van der Waals surface area contributed by atoms with Crippen LogP contribution in [0.1, 0.15) is 13.8 Å². The molecule has 0 aromatic heterocycles. The van der Waals surface area contributed by atoms with E-state index in [4.69, 9.17) is 0 Å². The summed E-state index contributed by atoms with van der Waals surface area (Å²) in [5, 5.41) is 5.65. The number of rotatable bonds is 1. The molecule has 0 bridgehead atoms. The minimum atomic E-state index is -0.545. The first kappa shape index (κ1) is 7.94. The van der Waals surface area contributed by atoms with E-state index in [1.54, 1.807) is 13.8 Å². The van der Waals surface area contributed by atoms with Crippen molar-refractivity contribution in [3.63, 3.8) is 0 Å². The molecule has 0 aliphatic rings. The van der Waals surface area contributed by atoms with E-state index in [-0.39, 0.29) is 0 Å². The molecule has 0 unspecified atom stereocenters. The summed E-state index contributed by atoms with van der Waals surface area (Å²) in [6, 6.07) is 0. The fourth-order valence-corrected chi connectivity index (χ4v) is 0.178. The summed E-state index contributed by atoms with van der Waals surface area (Å²) >= 11 is 0. The fraction of sp³-hybridized carbons (Fsp3) is 0.600. The zero-order valence-corrected chi connectivity index (χ0v) is 5.76. The highest BCUT2D eigenvalue weighted by Gasteiger charge is 1.92. The van der Waals surface area contributed by atoms with Gasteiger partial charge >= 0.3 is 6.09 Å². The topological polar surface area (TPSA) is 50.7 Å². The lowest BCUT2D eigenvalue weighted by atomic mass is 10.5. The molecular weight excluding hydrogens is 120 g/mol. The van der Waals surface area contributed by atoms with E-state index in [2.05, 4.69) is 15.3 Å². The highest BCUT2D eigenvalue weighted by molar-refractivity contribution is 5.79. The van der Waals surface area contributed by atoms with Gasteiger partial charge in [-0.1, -0.05) is 5.16 Å². The lowest BCUT2D eigenvalue weighted by Crippen LogP contribution is -2.16. The van der Waals surface area contributed by atoms with Crippen molar-refractivity contribution >= 4 is 11.8 Å². The predicted molar refractivity (Wildman–Crippen MR) is 34.3 cm³/mol. The standard InChI is InChI=1S/C5H10N2O2/c1-4(2)7-9-5(8)6-3/h1-3H3,(H,6,8). The van der Waals surface area contributed by atoms with Crippen LogP contribution in [-0.2, 0) is 4.84 Å². The Labute approximate surface area is 53.9 Å². The zero-order chi connectivity index (χ0) is 7.28. The second-order valence-corrected chi connectivity index (χ2v) is 1.67. The number of carbonyl (C=O) groups excluding carboxylic acids is 1. The van der Waals surface area contributed by atoms with Gasteiger partial charge in [0.1, 0.15) is 0 Å². The van der Waals surface area contributed by atoms with Crippen molar-refractivity contribution in [1.29, 1.82) is 0 Å². The lowest BCUT2D eigenvalue weighted by Gasteiger charge is -1.93. The van der Waals surface area contributed by atoms with Gasteiger partial charge in [0.05, 0.1) is 5.71 Å². The van der Waals surface area contributed by atoms with Gasteiger partial charge < -0.3 is 5.32 Å². The molecule has 4 heteroatoms. The number of oxime groups is 1. The monoisotopic (exact) mass is 130 g/mol. The van der Waals surface area contributed by atoms with Gasteiger partial charge in [0.25, 0.3) is 0 Å². The molecule has 0 aromatic rings. The van der Waals surface area contributed by atoms with E-state index in [0.717, 1.165) is 0 Å². The highest BCUT2D eigenvalue weighted by Crippen LogP contribution is 1.79. The van der Waals surface area contributed by atoms with Gasteiger partial charge in [0.15, 0.2) is 0 Å². The average molecular weight is 130 g/mol. The molecule has 0 aliphatic carbocycles. The molecule has 0 aromatic carbocycles. The summed E-state index contributed by atoms with van der Waals surface area (Å²) in [6.07, 6.45) is -0.545. The summed E-state index contributed by atoms with van der Waals surface area (Å²) in [4.78, 5) is 14.6. The number of hydrogen-bond donors (Lipinski definition) is 1. The molecule has 9 heavy (non-hydrogen) atoms. The summed E-state index contributed by atoms with van der Waals surface area (Å²) in [7, 11) is 1.48. The van der Waals surface area contributed by atoms with E-state index < -0.39 is 6.09 Å². The van der Waals surface area contributed by atoms with Crippen molar-refractivity contribution in [2.75, 3.05) is 7.05 Å². The summed E-state index contributed by atoms with van der Waals surface area (Å²) < 4.78 is 0. The van der Waals surface area contributed by atoms with Crippen molar-refractivity contribution in [1.82, 2.24) is 5.32 Å². The lowest BCUT2D eigenvalue weighted by molar-refractivity contribution is 0.153. The van der Waals surface area contributed by atoms with Gasteiger partial charge in [0.2, 0.25) is 0 Å². The normalized spacial score (nSPS) is 7.89. The maximum absolute atomic E-state index is 10.3. The number of nitrogens with one attached hydrogen (secondary N) is 1. The van der Waals surface area contributed by atoms with Crippen molar-refractivity contribution in [2.45, 2.75) is 13.8 Å². The molecule has 4 nitrogen and oxygen atoms in total. The van der Waals surface area contributed by atoms with Gasteiger partial charge in [-0.2, -0.15) is 0 Å². The molecule has 0 rings (SSSR count). The minimum Gasteiger partial charge on any atom is -0.323 e. The third-order valence-electron chi connectivity index (χ3n) is 0.515. The first-order valence-electron chi connectivity index (χ1n) is 2.56. The Balaban J connectivity index is 3.50. The first-order chi connectivity index (χ1) is 4.16. The van der Waals surface area contributed by atoms with Crippen LogP contribution in [0.25, 0.3) is 0 Å². The van der Waals surface area contributed by atoms with Crippen LogP contribution in [0.15, 0.2) is 5.16 Å². The van der Waals surface area contributed by atoms with E-state index in [1.807, 2.05) is 0 Å². The van der Waals surface area contributed by atoms with Crippen molar-refractivity contribution in [3.05, 3.63) is 0 Å². The molecule has 0 atom stereocenters. The Morgan fingerprint density at radius 3 is 2.44 bits per heavy atom. The van der Waals surface area contributed by atoms with Crippen LogP contribution in [-0.4, -0.2) is 18.9 Å². The van der Waals surface area contributed by atoms with Gasteiger partial charge in [-0.15, -0.1) is 0 Å². The predicted octanol–water partition coefficient (Wildman–Crippen LogP) is 0.738. The van der Waals surface area contributed by atoms with Gasteiger partial charge in [0, 0.05) is 7.05 Å². The Bertz CT molecular complexity index is 127. The largest absolute Gasteiger partial charge is 0.433 e. The van der Waals surface area contributed by atoms with Crippen LogP contribution in [0.4, 0.5) is 4.79 Å². The molecule has 1 amide bonds. The molecule has 0 fully saturated rings. The van der Waals surface area contributed by atoms with Crippen LogP contribution in [0, 0.1) is 0 Å². The van der Waals surface area contributed by atoms with E-state index in [0.29, 0.717) is 5.71 Å². The molecule has 1 N–H and O–H groups in total. The second kappa shape index (κ2) is 3.88. The van der Waals surface area contributed by atoms with E-state index in [1.165, 1.54) is 7.05 Å². The number of carbonyl (C=O) groups is 1. The smallest absolute Gasteiger partial charge is 0.323 e. The maximum atomic E-state index is 10.3. The van der Waals surface area contributed by atoms with Gasteiger partial charge in [-0.3, -0.25) is 4.84 Å². The number of hydrogen-bond acceptors (Lipinski definition) is 3. The van der Waals surface area contributed by atoms with Crippen LogP contribution < -0.4 is 5.32 Å². The Morgan fingerprint density at radius 1 is 1.56 bits per heavy atom. The van der Waals surface area contributed by atoms with E-state index in [9.17, 15) is 4.79 Å². The Kier molecular flexibility index (Phi) is 3.43. The van der Waals surface area contributed by atoms with Gasteiger partial charge in [-0.25, -0.2) is 4.79 Å². The molecule has 0 saturated carbocycles. The van der Waals surface area contributed by atoms with Crippen molar-refractivity contribution < 1.29 is 9.63 Å². The summed E-state index contributed by atoms with van der Waals surface area (Å²) in [5.74, 6) is 0. The molecule has 0 saturated heterocycles. The molecule has 0 spiro atoms. The molecule has 0 radical (unpaired) electrons. The van der Waals surface area contributed by atoms with E-state index >= 15 is 0 Å². The minimum absolute atomic E-state index is 0.545. The first-order valence-corrected chi connectivity index (χ1v) is 2.56. The number of nitrogens with zero attached hydrogens (tertiary/aromatic N) is 1. The highest BCUT2D eigenvalue weighted by atomic mass is 16.7. The fourth-order valence-electron chi connectivity index (χ4n) is 0.178. The molecule has 0 heterocycles. The zero-order valence-electron chi connectivity index (χ0n) is 5.76. The third kappa shape index (κ3) is 4.80. The summed E-state index contributed by atoms with van der Waals surface area (Å²) in [6.45, 7) is 3.48. The number of amides is 1. The van der Waals surface area contributed by atoms with Crippen molar-refractivity contribution in [2.24, 2.45) is 5.16 Å². The van der Waals surface area contributed by atoms with Gasteiger partial charge in [-0.05, 0) is 13.8 Å². The molecule has 52 valence electrons. The molecule has 0 aliphatic heterocycles. The van der Waals surface area contributed by atoms with Crippen molar-refractivity contribution in [3.8, 4) is 0 Å².